The van der Waals surface area contributed by atoms with Gasteiger partial charge in [-0.15, -0.1) is 0 Å². The van der Waals surface area contributed by atoms with Crippen molar-refractivity contribution in [2.24, 2.45) is 5.92 Å². The molecule has 2 rings (SSSR count). The van der Waals surface area contributed by atoms with Crippen LogP contribution in [0.5, 0.6) is 0 Å². The molecule has 6 heteroatoms. The third-order valence-electron chi connectivity index (χ3n) is 2.88. The highest BCUT2D eigenvalue weighted by Gasteiger charge is 2.12. The van der Waals surface area contributed by atoms with E-state index in [1.165, 1.54) is 6.26 Å². The third kappa shape index (κ3) is 5.11. The van der Waals surface area contributed by atoms with E-state index < -0.39 is 10.8 Å². The van der Waals surface area contributed by atoms with E-state index >= 15 is 0 Å². The SMILES string of the molecule is CC(C)CNC(=O)CS(=O)Cc1coc(-c2ccccc2)n1. The first kappa shape index (κ1) is 16.4. The highest BCUT2D eigenvalue weighted by Crippen LogP contribution is 2.18. The van der Waals surface area contributed by atoms with E-state index in [-0.39, 0.29) is 17.4 Å². The number of aromatic nitrogens is 1. The first-order valence-electron chi connectivity index (χ1n) is 7.16. The Morgan fingerprint density at radius 2 is 2.05 bits per heavy atom. The molecule has 5 nitrogen and oxygen atoms in total. The fourth-order valence-electron chi connectivity index (χ4n) is 1.82. The third-order valence-corrected chi connectivity index (χ3v) is 4.08. The van der Waals surface area contributed by atoms with Crippen molar-refractivity contribution in [3.05, 3.63) is 42.3 Å². The van der Waals surface area contributed by atoms with Crippen molar-refractivity contribution in [2.75, 3.05) is 12.3 Å². The number of hydrogen-bond acceptors (Lipinski definition) is 4. The van der Waals surface area contributed by atoms with Gasteiger partial charge in [0, 0.05) is 22.9 Å². The highest BCUT2D eigenvalue weighted by molar-refractivity contribution is 7.84. The lowest BCUT2D eigenvalue weighted by Crippen LogP contribution is -2.31. The predicted molar refractivity (Wildman–Crippen MR) is 86.5 cm³/mol. The maximum Gasteiger partial charge on any atom is 0.232 e. The maximum atomic E-state index is 12.0. The zero-order valence-electron chi connectivity index (χ0n) is 12.7. The molecule has 1 N–H and O–H groups in total. The monoisotopic (exact) mass is 320 g/mol. The number of nitrogens with one attached hydrogen (secondary N) is 1. The summed E-state index contributed by atoms with van der Waals surface area (Å²) in [5.41, 5.74) is 1.46. The second kappa shape index (κ2) is 7.89. The molecule has 118 valence electrons. The molecule has 1 atom stereocenters. The van der Waals surface area contributed by atoms with Crippen LogP contribution >= 0.6 is 0 Å². The largest absolute Gasteiger partial charge is 0.444 e. The van der Waals surface area contributed by atoms with Crippen LogP contribution < -0.4 is 5.32 Å². The normalized spacial score (nSPS) is 12.3. The van der Waals surface area contributed by atoms with Crippen LogP contribution in [0.15, 0.2) is 41.0 Å². The summed E-state index contributed by atoms with van der Waals surface area (Å²) in [7, 11) is -1.29. The molecule has 0 spiro atoms. The smallest absolute Gasteiger partial charge is 0.232 e. The van der Waals surface area contributed by atoms with Gasteiger partial charge in [0.2, 0.25) is 11.8 Å². The molecule has 0 radical (unpaired) electrons. The number of nitrogens with zero attached hydrogens (tertiary/aromatic N) is 1. The standard InChI is InChI=1S/C16H20N2O3S/c1-12(2)8-17-15(19)11-22(20)10-14-9-21-16(18-14)13-6-4-3-5-7-13/h3-7,9,12H,8,10-11H2,1-2H3,(H,17,19). The van der Waals surface area contributed by atoms with Gasteiger partial charge < -0.3 is 9.73 Å². The fourth-order valence-corrected chi connectivity index (χ4v) is 2.78. The Labute approximate surface area is 132 Å². The molecule has 0 aliphatic rings. The van der Waals surface area contributed by atoms with Crippen molar-refractivity contribution >= 4 is 16.7 Å². The molecule has 0 fully saturated rings. The minimum absolute atomic E-state index is 0.0136. The lowest BCUT2D eigenvalue weighted by Gasteiger charge is -2.06. The number of benzene rings is 1. The van der Waals surface area contributed by atoms with Crippen molar-refractivity contribution < 1.29 is 13.4 Å². The Hall–Kier alpha value is -1.95. The minimum Gasteiger partial charge on any atom is -0.444 e. The van der Waals surface area contributed by atoms with E-state index in [1.54, 1.807) is 0 Å². The molecule has 0 saturated carbocycles. The van der Waals surface area contributed by atoms with Crippen molar-refractivity contribution in [1.29, 1.82) is 0 Å². The van der Waals surface area contributed by atoms with Gasteiger partial charge in [-0.2, -0.15) is 0 Å². The first-order chi connectivity index (χ1) is 10.5. The summed E-state index contributed by atoms with van der Waals surface area (Å²) in [6.45, 7) is 4.62. The Balaban J connectivity index is 1.87. The molecule has 0 aliphatic carbocycles. The summed E-state index contributed by atoms with van der Waals surface area (Å²) in [6.07, 6.45) is 1.49. The van der Waals surface area contributed by atoms with E-state index in [4.69, 9.17) is 4.42 Å². The molecule has 1 unspecified atom stereocenters. The van der Waals surface area contributed by atoms with Gasteiger partial charge in [-0.1, -0.05) is 32.0 Å². The van der Waals surface area contributed by atoms with Gasteiger partial charge in [0.1, 0.15) is 12.0 Å². The molecule has 0 saturated heterocycles. The molecular weight excluding hydrogens is 300 g/mol. The van der Waals surface area contributed by atoms with E-state index in [0.717, 1.165) is 5.56 Å². The van der Waals surface area contributed by atoms with Crippen LogP contribution in [0.3, 0.4) is 0 Å². The summed E-state index contributed by atoms with van der Waals surface area (Å²) in [4.78, 5) is 15.9. The van der Waals surface area contributed by atoms with E-state index in [1.807, 2.05) is 44.2 Å². The summed E-state index contributed by atoms with van der Waals surface area (Å²) in [6, 6.07) is 9.50. The second-order valence-electron chi connectivity index (χ2n) is 5.44. The number of oxazole rings is 1. The van der Waals surface area contributed by atoms with Crippen LogP contribution in [0, 0.1) is 5.92 Å². The molecule has 1 heterocycles. The summed E-state index contributed by atoms with van der Waals surface area (Å²) >= 11 is 0. The van der Waals surface area contributed by atoms with Crippen molar-refractivity contribution in [1.82, 2.24) is 10.3 Å². The fraction of sp³-hybridized carbons (Fsp3) is 0.375. The Bertz CT molecular complexity index is 638. The number of carbonyl (C=O) groups is 1. The van der Waals surface area contributed by atoms with Crippen LogP contribution in [-0.2, 0) is 21.3 Å². The van der Waals surface area contributed by atoms with Gasteiger partial charge in [-0.05, 0) is 18.1 Å². The lowest BCUT2D eigenvalue weighted by molar-refractivity contribution is -0.118. The molecule has 0 aliphatic heterocycles. The first-order valence-corrected chi connectivity index (χ1v) is 8.65. The van der Waals surface area contributed by atoms with Gasteiger partial charge >= 0.3 is 0 Å². The highest BCUT2D eigenvalue weighted by atomic mass is 32.2. The zero-order valence-corrected chi connectivity index (χ0v) is 13.6. The van der Waals surface area contributed by atoms with Gasteiger partial charge in [-0.3, -0.25) is 9.00 Å². The molecule has 1 amide bonds. The van der Waals surface area contributed by atoms with Gasteiger partial charge in [0.05, 0.1) is 11.4 Å². The average Bonchev–Trinajstić information content (AvgIpc) is 2.94. The molecular formula is C16H20N2O3S. The second-order valence-corrected chi connectivity index (χ2v) is 6.89. The van der Waals surface area contributed by atoms with E-state index in [2.05, 4.69) is 10.3 Å². The number of amides is 1. The van der Waals surface area contributed by atoms with Crippen molar-refractivity contribution in [3.8, 4) is 11.5 Å². The van der Waals surface area contributed by atoms with Crippen LogP contribution in [0.2, 0.25) is 0 Å². The molecule has 1 aromatic carbocycles. The quantitative estimate of drug-likeness (QED) is 0.850. The van der Waals surface area contributed by atoms with Gasteiger partial charge in [-0.25, -0.2) is 4.98 Å². The van der Waals surface area contributed by atoms with Gasteiger partial charge in [0.25, 0.3) is 0 Å². The number of hydrogen-bond donors (Lipinski definition) is 1. The Morgan fingerprint density at radius 3 is 2.73 bits per heavy atom. The lowest BCUT2D eigenvalue weighted by atomic mass is 10.2. The van der Waals surface area contributed by atoms with Crippen molar-refractivity contribution in [3.63, 3.8) is 0 Å². The summed E-state index contributed by atoms with van der Waals surface area (Å²) in [5, 5.41) is 2.75. The Kier molecular flexibility index (Phi) is 5.89. The van der Waals surface area contributed by atoms with Gasteiger partial charge in [0.15, 0.2) is 0 Å². The molecule has 1 aromatic heterocycles. The molecule has 0 bridgehead atoms. The number of carbonyl (C=O) groups excluding carboxylic acids is 1. The maximum absolute atomic E-state index is 12.0. The molecule has 22 heavy (non-hydrogen) atoms. The summed E-state index contributed by atoms with van der Waals surface area (Å²) < 4.78 is 17.4. The van der Waals surface area contributed by atoms with Crippen LogP contribution in [0.25, 0.3) is 11.5 Å². The number of rotatable bonds is 7. The minimum atomic E-state index is -1.29. The Morgan fingerprint density at radius 1 is 1.32 bits per heavy atom. The topological polar surface area (TPSA) is 72.2 Å². The average molecular weight is 320 g/mol. The van der Waals surface area contributed by atoms with Crippen molar-refractivity contribution in [2.45, 2.75) is 19.6 Å². The van der Waals surface area contributed by atoms with Crippen LogP contribution in [-0.4, -0.2) is 27.4 Å². The van der Waals surface area contributed by atoms with Crippen LogP contribution in [0.1, 0.15) is 19.5 Å². The zero-order chi connectivity index (χ0) is 15.9. The van der Waals surface area contributed by atoms with E-state index in [0.29, 0.717) is 24.0 Å². The van der Waals surface area contributed by atoms with E-state index in [9.17, 15) is 9.00 Å². The molecule has 2 aromatic rings. The predicted octanol–water partition coefficient (Wildman–Crippen LogP) is 2.36. The van der Waals surface area contributed by atoms with Crippen LogP contribution in [0.4, 0.5) is 0 Å². The summed E-state index contributed by atoms with van der Waals surface area (Å²) in [5.74, 6) is 0.878.